The van der Waals surface area contributed by atoms with Gasteiger partial charge >= 0.3 is 0 Å². The Morgan fingerprint density at radius 1 is 1.22 bits per heavy atom. The lowest BCUT2D eigenvalue weighted by atomic mass is 9.72. The van der Waals surface area contributed by atoms with Gasteiger partial charge in [0.05, 0.1) is 17.5 Å². The van der Waals surface area contributed by atoms with Gasteiger partial charge in [-0.2, -0.15) is 0 Å². The van der Waals surface area contributed by atoms with Crippen molar-refractivity contribution in [2.24, 2.45) is 15.8 Å². The van der Waals surface area contributed by atoms with Crippen LogP contribution in [0.2, 0.25) is 0 Å². The van der Waals surface area contributed by atoms with Crippen LogP contribution in [0.15, 0.2) is 35.3 Å². The van der Waals surface area contributed by atoms with E-state index in [-0.39, 0.29) is 22.9 Å². The number of benzene rings is 1. The minimum atomic E-state index is -0.238. The van der Waals surface area contributed by atoms with E-state index < -0.39 is 0 Å². The Morgan fingerprint density at radius 2 is 1.91 bits per heavy atom. The second kappa shape index (κ2) is 5.48. The van der Waals surface area contributed by atoms with Crippen LogP contribution in [0.25, 0.3) is 6.08 Å². The molecule has 1 aliphatic heterocycles. The molecule has 1 aliphatic carbocycles. The molecule has 23 heavy (non-hydrogen) atoms. The van der Waals surface area contributed by atoms with E-state index in [1.807, 2.05) is 0 Å². The Morgan fingerprint density at radius 3 is 2.52 bits per heavy atom. The normalized spacial score (nSPS) is 30.1. The average Bonchev–Trinajstić information content (AvgIpc) is 2.97. The summed E-state index contributed by atoms with van der Waals surface area (Å²) in [5.41, 5.74) is 2.52. The Balaban J connectivity index is 2.05. The molecule has 0 radical (unpaired) electrons. The van der Waals surface area contributed by atoms with E-state index in [1.165, 1.54) is 11.1 Å². The number of nitrogens with zero attached hydrogens (tertiary/aromatic N) is 2. The maximum absolute atomic E-state index is 6.10. The number of aliphatic imine (C=N–C) groups is 1. The highest BCUT2D eigenvalue weighted by Gasteiger charge is 2.46. The minimum Gasteiger partial charge on any atom is -0.478 e. The van der Waals surface area contributed by atoms with Crippen LogP contribution in [0.1, 0.15) is 44.9 Å². The molecule has 1 aromatic rings. The molecule has 3 heteroatoms. The second-order valence-corrected chi connectivity index (χ2v) is 8.24. The van der Waals surface area contributed by atoms with Gasteiger partial charge in [0.15, 0.2) is 5.90 Å². The second-order valence-electron chi connectivity index (χ2n) is 8.24. The molecule has 3 nitrogen and oxygen atoms in total. The molecule has 0 spiro atoms. The molecule has 2 aliphatic rings. The van der Waals surface area contributed by atoms with Crippen LogP contribution in [0, 0.1) is 10.8 Å². The first-order valence-electron chi connectivity index (χ1n) is 8.39. The first-order chi connectivity index (χ1) is 10.7. The van der Waals surface area contributed by atoms with Crippen molar-refractivity contribution in [2.45, 2.75) is 39.8 Å². The molecule has 0 saturated carbocycles. The third-order valence-electron chi connectivity index (χ3n) is 5.10. The summed E-state index contributed by atoms with van der Waals surface area (Å²) in [7, 11) is 4.27. The fraction of sp³-hybridized carbons (Fsp3) is 0.550. The quantitative estimate of drug-likeness (QED) is 0.819. The number of hydrogen-bond donors (Lipinski definition) is 0. The van der Waals surface area contributed by atoms with Crippen molar-refractivity contribution in [3.63, 3.8) is 0 Å². The van der Waals surface area contributed by atoms with Crippen LogP contribution in [-0.4, -0.2) is 37.5 Å². The van der Waals surface area contributed by atoms with Gasteiger partial charge in [-0.05, 0) is 37.6 Å². The highest BCUT2D eigenvalue weighted by atomic mass is 16.5. The topological polar surface area (TPSA) is 24.8 Å². The maximum Gasteiger partial charge on any atom is 0.195 e. The van der Waals surface area contributed by atoms with Crippen LogP contribution in [0.5, 0.6) is 0 Å². The monoisotopic (exact) mass is 312 g/mol. The van der Waals surface area contributed by atoms with Gasteiger partial charge < -0.3 is 9.64 Å². The van der Waals surface area contributed by atoms with Gasteiger partial charge in [-0.3, -0.25) is 0 Å². The summed E-state index contributed by atoms with van der Waals surface area (Å²) in [4.78, 5) is 7.25. The zero-order valence-corrected chi connectivity index (χ0v) is 15.1. The number of rotatable bonds is 2. The summed E-state index contributed by atoms with van der Waals surface area (Å²) in [6, 6.07) is 9.06. The molecule has 1 heterocycles. The third kappa shape index (κ3) is 2.72. The van der Waals surface area contributed by atoms with Gasteiger partial charge in [0.2, 0.25) is 0 Å². The molecule has 0 amide bonds. The van der Waals surface area contributed by atoms with Crippen molar-refractivity contribution in [3.8, 4) is 0 Å². The lowest BCUT2D eigenvalue weighted by Gasteiger charge is -2.42. The van der Waals surface area contributed by atoms with Crippen molar-refractivity contribution in [1.29, 1.82) is 0 Å². The highest BCUT2D eigenvalue weighted by Crippen LogP contribution is 2.47. The molecular formula is C20H28N2O. The largest absolute Gasteiger partial charge is 0.478 e. The van der Waals surface area contributed by atoms with Crippen molar-refractivity contribution >= 4 is 12.0 Å². The smallest absolute Gasteiger partial charge is 0.195 e. The first-order valence-corrected chi connectivity index (χ1v) is 8.39. The van der Waals surface area contributed by atoms with Crippen molar-refractivity contribution in [3.05, 3.63) is 41.5 Å². The average molecular weight is 312 g/mol. The summed E-state index contributed by atoms with van der Waals surface area (Å²) in [5.74, 6) is 0.877. The summed E-state index contributed by atoms with van der Waals surface area (Å²) in [6.07, 6.45) is 4.48. The van der Waals surface area contributed by atoms with Crippen molar-refractivity contribution < 1.29 is 4.74 Å². The van der Waals surface area contributed by atoms with Crippen LogP contribution >= 0.6 is 0 Å². The molecule has 1 aromatic carbocycles. The van der Waals surface area contributed by atoms with E-state index in [4.69, 9.17) is 9.73 Å². The fourth-order valence-corrected chi connectivity index (χ4v) is 3.70. The molecule has 0 bridgehead atoms. The van der Waals surface area contributed by atoms with E-state index in [2.05, 4.69) is 83.1 Å². The number of fused-ring (bicyclic) bond motifs is 1. The van der Waals surface area contributed by atoms with Gasteiger partial charge in [-0.25, -0.2) is 4.99 Å². The van der Waals surface area contributed by atoms with Gasteiger partial charge in [0.25, 0.3) is 0 Å². The summed E-state index contributed by atoms with van der Waals surface area (Å²) in [6.45, 7) is 9.61. The molecule has 124 valence electrons. The number of hydrogen-bond acceptors (Lipinski definition) is 3. The van der Waals surface area contributed by atoms with E-state index in [1.54, 1.807) is 0 Å². The zero-order chi connectivity index (χ0) is 16.8. The van der Waals surface area contributed by atoms with Crippen LogP contribution < -0.4 is 0 Å². The van der Waals surface area contributed by atoms with Crippen LogP contribution in [0.4, 0.5) is 0 Å². The lowest BCUT2D eigenvalue weighted by Crippen LogP contribution is -2.42. The Hall–Kier alpha value is -1.61. The van der Waals surface area contributed by atoms with Crippen LogP contribution in [0.3, 0.4) is 0 Å². The van der Waals surface area contributed by atoms with E-state index >= 15 is 0 Å². The number of ether oxygens (including phenoxy) is 1. The van der Waals surface area contributed by atoms with Crippen molar-refractivity contribution in [2.75, 3.05) is 20.7 Å². The summed E-state index contributed by atoms with van der Waals surface area (Å²) in [5, 5.41) is 0. The molecule has 3 atom stereocenters. The lowest BCUT2D eigenvalue weighted by molar-refractivity contribution is 0.174. The minimum absolute atomic E-state index is 0.127. The third-order valence-corrected chi connectivity index (χ3v) is 5.10. The summed E-state index contributed by atoms with van der Waals surface area (Å²) >= 11 is 0. The molecule has 0 unspecified atom stereocenters. The molecule has 0 aromatic heterocycles. The Bertz CT molecular complexity index is 654. The molecule has 0 saturated heterocycles. The Labute approximate surface area is 140 Å². The zero-order valence-electron chi connectivity index (χ0n) is 15.1. The molecular weight excluding hydrogens is 284 g/mol. The van der Waals surface area contributed by atoms with Gasteiger partial charge in [0.1, 0.15) is 6.61 Å². The highest BCUT2D eigenvalue weighted by molar-refractivity contribution is 5.89. The molecule has 3 rings (SSSR count). The van der Waals surface area contributed by atoms with E-state index in [0.29, 0.717) is 6.61 Å². The predicted molar refractivity (Wildman–Crippen MR) is 96.6 cm³/mol. The van der Waals surface area contributed by atoms with E-state index in [0.717, 1.165) is 5.90 Å². The Kier molecular flexibility index (Phi) is 3.88. The summed E-state index contributed by atoms with van der Waals surface area (Å²) < 4.78 is 6.10. The molecule has 0 fully saturated rings. The first kappa shape index (κ1) is 16.3. The van der Waals surface area contributed by atoms with Gasteiger partial charge in [-0.1, -0.05) is 57.2 Å². The predicted octanol–water partition coefficient (Wildman–Crippen LogP) is 4.17. The SMILES string of the molecule is CN(C)[C@H]1c2ccccc2C=C[C@@]1(C)C1=N[C@@H](C(C)(C)C)CO1. The standard InChI is InChI=1S/C20H28N2O/c1-19(2,3)16-13-23-18(21-16)20(4)12-11-14-9-7-8-10-15(14)17(20)22(5)6/h7-12,16-17H,13H2,1-6H3/t16-,17+,20-/m1/s1. The van der Waals surface area contributed by atoms with Gasteiger partial charge in [-0.15, -0.1) is 0 Å². The molecule has 0 N–H and O–H groups in total. The van der Waals surface area contributed by atoms with E-state index in [9.17, 15) is 0 Å². The van der Waals surface area contributed by atoms with Crippen LogP contribution in [-0.2, 0) is 4.74 Å². The van der Waals surface area contributed by atoms with Gasteiger partial charge in [0, 0.05) is 0 Å². The fourth-order valence-electron chi connectivity index (χ4n) is 3.70. The maximum atomic E-state index is 6.10. The van der Waals surface area contributed by atoms with Crippen molar-refractivity contribution in [1.82, 2.24) is 4.90 Å².